The minimum absolute atomic E-state index is 0.413. The molecule has 0 bridgehead atoms. The number of rotatable bonds is 3. The van der Waals surface area contributed by atoms with Gasteiger partial charge in [-0.15, -0.1) is 0 Å². The highest BCUT2D eigenvalue weighted by Gasteiger charge is 2.19. The highest BCUT2D eigenvalue weighted by molar-refractivity contribution is 7.85. The molecule has 1 aliphatic heterocycles. The molecule has 1 aromatic heterocycles. The number of aromatic nitrogens is 2. The summed E-state index contributed by atoms with van der Waals surface area (Å²) in [5, 5.41) is 3.49. The zero-order chi connectivity index (χ0) is 12.4. The van der Waals surface area contributed by atoms with Crippen LogP contribution in [0.25, 0.3) is 0 Å². The Labute approximate surface area is 105 Å². The van der Waals surface area contributed by atoms with Gasteiger partial charge in [0.1, 0.15) is 0 Å². The van der Waals surface area contributed by atoms with E-state index in [1.165, 1.54) is 0 Å². The SMILES string of the molecule is Cc1cn(C(C)C)c(NC2CCS(=O)CC2)n1. The number of hydrogen-bond acceptors (Lipinski definition) is 3. The molecule has 2 rings (SSSR count). The van der Waals surface area contributed by atoms with Crippen molar-refractivity contribution in [3.05, 3.63) is 11.9 Å². The van der Waals surface area contributed by atoms with Gasteiger partial charge in [0.25, 0.3) is 0 Å². The summed E-state index contributed by atoms with van der Waals surface area (Å²) in [4.78, 5) is 4.52. The lowest BCUT2D eigenvalue weighted by atomic mass is 10.2. The molecule has 5 heteroatoms. The van der Waals surface area contributed by atoms with Crippen molar-refractivity contribution in [3.8, 4) is 0 Å². The zero-order valence-electron chi connectivity index (χ0n) is 10.8. The third-order valence-electron chi connectivity index (χ3n) is 3.13. The second-order valence-corrected chi connectivity index (χ2v) is 6.67. The first kappa shape index (κ1) is 12.6. The predicted molar refractivity (Wildman–Crippen MR) is 71.9 cm³/mol. The van der Waals surface area contributed by atoms with Crippen LogP contribution in [0, 0.1) is 6.92 Å². The maximum absolute atomic E-state index is 11.3. The zero-order valence-corrected chi connectivity index (χ0v) is 11.6. The number of nitrogens with zero attached hydrogens (tertiary/aromatic N) is 2. The van der Waals surface area contributed by atoms with Gasteiger partial charge < -0.3 is 9.88 Å². The number of anilines is 1. The molecule has 1 N–H and O–H groups in total. The summed E-state index contributed by atoms with van der Waals surface area (Å²) in [6, 6.07) is 0.837. The summed E-state index contributed by atoms with van der Waals surface area (Å²) < 4.78 is 13.5. The van der Waals surface area contributed by atoms with Gasteiger partial charge in [-0.1, -0.05) is 0 Å². The van der Waals surface area contributed by atoms with Crippen LogP contribution < -0.4 is 5.32 Å². The van der Waals surface area contributed by atoms with E-state index >= 15 is 0 Å². The van der Waals surface area contributed by atoms with Crippen molar-refractivity contribution in [2.24, 2.45) is 0 Å². The molecule has 17 heavy (non-hydrogen) atoms. The molecule has 0 radical (unpaired) electrons. The van der Waals surface area contributed by atoms with Crippen molar-refractivity contribution < 1.29 is 4.21 Å². The van der Waals surface area contributed by atoms with Crippen molar-refractivity contribution in [2.45, 2.75) is 45.7 Å². The Morgan fingerprint density at radius 1 is 1.47 bits per heavy atom. The number of aryl methyl sites for hydroxylation is 1. The Kier molecular flexibility index (Phi) is 3.86. The molecular formula is C12H21N3OS. The molecule has 0 atom stereocenters. The van der Waals surface area contributed by atoms with Gasteiger partial charge in [0.15, 0.2) is 0 Å². The van der Waals surface area contributed by atoms with Crippen LogP contribution in [-0.2, 0) is 10.8 Å². The summed E-state index contributed by atoms with van der Waals surface area (Å²) in [5.41, 5.74) is 1.04. The van der Waals surface area contributed by atoms with Crippen LogP contribution in [0.4, 0.5) is 5.95 Å². The van der Waals surface area contributed by atoms with Gasteiger partial charge in [-0.05, 0) is 33.6 Å². The molecule has 1 aliphatic rings. The molecule has 96 valence electrons. The molecule has 0 amide bonds. The van der Waals surface area contributed by atoms with Crippen LogP contribution in [0.1, 0.15) is 38.4 Å². The molecule has 2 heterocycles. The van der Waals surface area contributed by atoms with Gasteiger partial charge >= 0.3 is 0 Å². The standard InChI is InChI=1S/C12H21N3OS/c1-9(2)15-8-10(3)13-12(15)14-11-4-6-17(16)7-5-11/h8-9,11H,4-7H2,1-3H3,(H,13,14). The van der Waals surface area contributed by atoms with E-state index in [9.17, 15) is 4.21 Å². The fourth-order valence-corrected chi connectivity index (χ4v) is 3.44. The summed E-state index contributed by atoms with van der Waals surface area (Å²) in [7, 11) is -0.595. The Morgan fingerprint density at radius 2 is 2.12 bits per heavy atom. The topological polar surface area (TPSA) is 46.9 Å². The van der Waals surface area contributed by atoms with Crippen molar-refractivity contribution in [1.29, 1.82) is 0 Å². The van der Waals surface area contributed by atoms with Crippen LogP contribution >= 0.6 is 0 Å². The van der Waals surface area contributed by atoms with E-state index in [-0.39, 0.29) is 0 Å². The van der Waals surface area contributed by atoms with Crippen molar-refractivity contribution in [2.75, 3.05) is 16.8 Å². The van der Waals surface area contributed by atoms with Crippen LogP contribution in [0.5, 0.6) is 0 Å². The Hall–Kier alpha value is -0.840. The summed E-state index contributed by atoms with van der Waals surface area (Å²) >= 11 is 0. The minimum Gasteiger partial charge on any atom is -0.353 e. The Balaban J connectivity index is 2.05. The lowest BCUT2D eigenvalue weighted by molar-refractivity contribution is 0.580. The fraction of sp³-hybridized carbons (Fsp3) is 0.750. The van der Waals surface area contributed by atoms with Crippen molar-refractivity contribution in [3.63, 3.8) is 0 Å². The summed E-state index contributed by atoms with van der Waals surface area (Å²) in [5.74, 6) is 2.59. The quantitative estimate of drug-likeness (QED) is 0.899. The highest BCUT2D eigenvalue weighted by atomic mass is 32.2. The molecule has 1 fully saturated rings. The van der Waals surface area contributed by atoms with Gasteiger partial charge in [0, 0.05) is 40.6 Å². The average molecular weight is 255 g/mol. The molecular weight excluding hydrogens is 234 g/mol. The van der Waals surface area contributed by atoms with Crippen LogP contribution in [-0.4, -0.2) is 31.3 Å². The normalized spacial score (nSPS) is 25.2. The monoisotopic (exact) mass is 255 g/mol. The van der Waals surface area contributed by atoms with E-state index in [0.717, 1.165) is 36.0 Å². The third-order valence-corrected chi connectivity index (χ3v) is 4.51. The number of nitrogens with one attached hydrogen (secondary N) is 1. The highest BCUT2D eigenvalue weighted by Crippen LogP contribution is 2.19. The van der Waals surface area contributed by atoms with Gasteiger partial charge in [0.2, 0.25) is 5.95 Å². The second kappa shape index (κ2) is 5.21. The summed E-state index contributed by atoms with van der Waals surface area (Å²) in [6.07, 6.45) is 4.04. The van der Waals surface area contributed by atoms with E-state index in [1.807, 2.05) is 6.92 Å². The maximum Gasteiger partial charge on any atom is 0.203 e. The predicted octanol–water partition coefficient (Wildman–Crippen LogP) is 2.10. The molecule has 1 saturated heterocycles. The van der Waals surface area contributed by atoms with Crippen LogP contribution in [0.15, 0.2) is 6.20 Å². The largest absolute Gasteiger partial charge is 0.353 e. The van der Waals surface area contributed by atoms with Crippen LogP contribution in [0.3, 0.4) is 0 Å². The lowest BCUT2D eigenvalue weighted by Crippen LogP contribution is -2.30. The van der Waals surface area contributed by atoms with Crippen molar-refractivity contribution >= 4 is 16.7 Å². The van der Waals surface area contributed by atoms with E-state index < -0.39 is 10.8 Å². The van der Waals surface area contributed by atoms with Gasteiger partial charge in [-0.25, -0.2) is 4.98 Å². The lowest BCUT2D eigenvalue weighted by Gasteiger charge is -2.24. The van der Waals surface area contributed by atoms with Crippen LogP contribution in [0.2, 0.25) is 0 Å². The Morgan fingerprint density at radius 3 is 2.71 bits per heavy atom. The smallest absolute Gasteiger partial charge is 0.203 e. The van der Waals surface area contributed by atoms with E-state index in [4.69, 9.17) is 0 Å². The maximum atomic E-state index is 11.3. The third kappa shape index (κ3) is 3.09. The average Bonchev–Trinajstić information content (AvgIpc) is 2.63. The van der Waals surface area contributed by atoms with E-state index in [2.05, 4.69) is 34.9 Å². The minimum atomic E-state index is -0.595. The molecule has 0 aliphatic carbocycles. The number of hydrogen-bond donors (Lipinski definition) is 1. The summed E-state index contributed by atoms with van der Waals surface area (Å²) in [6.45, 7) is 6.32. The van der Waals surface area contributed by atoms with Gasteiger partial charge in [-0.2, -0.15) is 0 Å². The Bertz CT molecular complexity index is 404. The first-order valence-electron chi connectivity index (χ1n) is 6.23. The van der Waals surface area contributed by atoms with Gasteiger partial charge in [-0.3, -0.25) is 4.21 Å². The van der Waals surface area contributed by atoms with Gasteiger partial charge in [0.05, 0.1) is 5.69 Å². The molecule has 0 spiro atoms. The molecule has 0 aromatic carbocycles. The van der Waals surface area contributed by atoms with E-state index in [1.54, 1.807) is 0 Å². The van der Waals surface area contributed by atoms with Crippen molar-refractivity contribution in [1.82, 2.24) is 9.55 Å². The first-order valence-corrected chi connectivity index (χ1v) is 7.72. The second-order valence-electron chi connectivity index (χ2n) is 4.97. The fourth-order valence-electron chi connectivity index (χ4n) is 2.14. The molecule has 0 unspecified atom stereocenters. The first-order chi connectivity index (χ1) is 8.06. The van der Waals surface area contributed by atoms with E-state index in [0.29, 0.717) is 12.1 Å². The molecule has 4 nitrogen and oxygen atoms in total. The molecule has 0 saturated carbocycles. The molecule has 1 aromatic rings. The number of imidazole rings is 1.